The lowest BCUT2D eigenvalue weighted by molar-refractivity contribution is -0.118. The Morgan fingerprint density at radius 3 is 2.81 bits per heavy atom. The molecule has 0 aliphatic carbocycles. The maximum absolute atomic E-state index is 12.4. The average molecular weight is 303 g/mol. The monoisotopic (exact) mass is 303 g/mol. The van der Waals surface area contributed by atoms with Gasteiger partial charge in [0.1, 0.15) is 5.75 Å². The fourth-order valence-corrected chi connectivity index (χ4v) is 3.12. The molecule has 0 spiro atoms. The molecule has 1 aromatic heterocycles. The molecule has 0 fully saturated rings. The van der Waals surface area contributed by atoms with Gasteiger partial charge in [0.25, 0.3) is 0 Å². The highest BCUT2D eigenvalue weighted by Gasteiger charge is 2.16. The zero-order valence-corrected chi connectivity index (χ0v) is 13.3. The van der Waals surface area contributed by atoms with Crippen molar-refractivity contribution in [1.82, 2.24) is 0 Å². The van der Waals surface area contributed by atoms with Crippen LogP contribution in [0.4, 0.5) is 5.69 Å². The Morgan fingerprint density at radius 1 is 1.33 bits per heavy atom. The predicted octanol–water partition coefficient (Wildman–Crippen LogP) is 4.14. The molecule has 0 radical (unpaired) electrons. The number of amides is 1. The molecule has 0 unspecified atom stereocenters. The minimum atomic E-state index is 0.114. The Balaban J connectivity index is 1.99. The molecule has 0 bridgehead atoms. The quantitative estimate of drug-likeness (QED) is 0.871. The number of benzene rings is 1. The first-order valence-corrected chi connectivity index (χ1v) is 8.12. The van der Waals surface area contributed by atoms with Gasteiger partial charge in [-0.05, 0) is 49.8 Å². The fraction of sp³-hybridized carbons (Fsp3) is 0.353. The van der Waals surface area contributed by atoms with E-state index < -0.39 is 0 Å². The number of aryl methyl sites for hydroxylation is 2. The highest BCUT2D eigenvalue weighted by molar-refractivity contribution is 7.09. The molecule has 0 aliphatic heterocycles. The van der Waals surface area contributed by atoms with Gasteiger partial charge in [0.2, 0.25) is 5.91 Å². The molecule has 4 heteroatoms. The molecular formula is C17H21NO2S. The normalized spacial score (nSPS) is 10.6. The number of hydrogen-bond acceptors (Lipinski definition) is 3. The van der Waals surface area contributed by atoms with E-state index in [0.717, 1.165) is 24.1 Å². The van der Waals surface area contributed by atoms with Gasteiger partial charge < -0.3 is 10.0 Å². The van der Waals surface area contributed by atoms with Crippen LogP contribution in [-0.4, -0.2) is 17.6 Å². The first kappa shape index (κ1) is 15.6. The summed E-state index contributed by atoms with van der Waals surface area (Å²) in [6.07, 6.45) is 2.33. The van der Waals surface area contributed by atoms with Gasteiger partial charge in [-0.15, -0.1) is 11.3 Å². The van der Waals surface area contributed by atoms with Crippen LogP contribution in [0.5, 0.6) is 5.75 Å². The van der Waals surface area contributed by atoms with E-state index in [9.17, 15) is 9.90 Å². The Kier molecular flexibility index (Phi) is 5.39. The maximum Gasteiger partial charge on any atom is 0.226 e. The van der Waals surface area contributed by atoms with Crippen molar-refractivity contribution < 1.29 is 9.90 Å². The van der Waals surface area contributed by atoms with E-state index in [0.29, 0.717) is 13.0 Å². The third-order valence-corrected chi connectivity index (χ3v) is 4.43. The molecule has 1 aromatic carbocycles. The molecular weight excluding hydrogens is 282 g/mol. The van der Waals surface area contributed by atoms with Crippen molar-refractivity contribution >= 4 is 22.9 Å². The van der Waals surface area contributed by atoms with Gasteiger partial charge in [0.05, 0.1) is 5.69 Å². The predicted molar refractivity (Wildman–Crippen MR) is 88.1 cm³/mol. The van der Waals surface area contributed by atoms with E-state index in [1.54, 1.807) is 28.4 Å². The molecule has 112 valence electrons. The van der Waals surface area contributed by atoms with E-state index in [4.69, 9.17) is 0 Å². The van der Waals surface area contributed by atoms with Crippen molar-refractivity contribution in [3.8, 4) is 5.75 Å². The largest absolute Gasteiger partial charge is 0.508 e. The number of thiophene rings is 1. The fourth-order valence-electron chi connectivity index (χ4n) is 2.37. The van der Waals surface area contributed by atoms with Crippen molar-refractivity contribution in [1.29, 1.82) is 0 Å². The van der Waals surface area contributed by atoms with Gasteiger partial charge in [0, 0.05) is 23.9 Å². The number of phenols is 1. The van der Waals surface area contributed by atoms with E-state index in [1.165, 1.54) is 4.88 Å². The van der Waals surface area contributed by atoms with Crippen molar-refractivity contribution in [2.45, 2.75) is 33.1 Å². The van der Waals surface area contributed by atoms with E-state index in [2.05, 4.69) is 11.4 Å². The minimum absolute atomic E-state index is 0.114. The van der Waals surface area contributed by atoms with Crippen LogP contribution in [0.15, 0.2) is 35.7 Å². The van der Waals surface area contributed by atoms with E-state index >= 15 is 0 Å². The zero-order valence-electron chi connectivity index (χ0n) is 12.5. The zero-order chi connectivity index (χ0) is 15.2. The lowest BCUT2D eigenvalue weighted by atomic mass is 10.1. The molecule has 0 saturated heterocycles. The lowest BCUT2D eigenvalue weighted by Gasteiger charge is -2.23. The summed E-state index contributed by atoms with van der Waals surface area (Å²) in [4.78, 5) is 15.5. The highest BCUT2D eigenvalue weighted by Crippen LogP contribution is 2.25. The standard InChI is InChI=1S/C17H21NO2S/c1-3-18(16-12-14(19)10-9-13(16)2)17(20)8-4-6-15-7-5-11-21-15/h5,7,9-12,19H,3-4,6,8H2,1-2H3. The molecule has 0 saturated carbocycles. The summed E-state index contributed by atoms with van der Waals surface area (Å²) in [7, 11) is 0. The van der Waals surface area contributed by atoms with E-state index in [-0.39, 0.29) is 11.7 Å². The summed E-state index contributed by atoms with van der Waals surface area (Å²) in [5, 5.41) is 11.7. The topological polar surface area (TPSA) is 40.5 Å². The lowest BCUT2D eigenvalue weighted by Crippen LogP contribution is -2.31. The molecule has 0 atom stereocenters. The number of nitrogens with zero attached hydrogens (tertiary/aromatic N) is 1. The number of aromatic hydroxyl groups is 1. The summed E-state index contributed by atoms with van der Waals surface area (Å²) < 4.78 is 0. The van der Waals surface area contributed by atoms with Crippen LogP contribution in [-0.2, 0) is 11.2 Å². The first-order chi connectivity index (χ1) is 10.1. The Hall–Kier alpha value is -1.81. The molecule has 21 heavy (non-hydrogen) atoms. The maximum atomic E-state index is 12.4. The van der Waals surface area contributed by atoms with Crippen LogP contribution in [0, 0.1) is 6.92 Å². The second-order valence-corrected chi connectivity index (χ2v) is 6.07. The van der Waals surface area contributed by atoms with Crippen LogP contribution in [0.1, 0.15) is 30.2 Å². The molecule has 1 heterocycles. The second kappa shape index (κ2) is 7.27. The van der Waals surface area contributed by atoms with Gasteiger partial charge in [-0.3, -0.25) is 4.79 Å². The molecule has 0 aliphatic rings. The van der Waals surface area contributed by atoms with Crippen LogP contribution >= 0.6 is 11.3 Å². The third-order valence-electron chi connectivity index (χ3n) is 3.49. The summed E-state index contributed by atoms with van der Waals surface area (Å²) in [6, 6.07) is 9.29. The SMILES string of the molecule is CCN(C(=O)CCCc1cccs1)c1cc(O)ccc1C. The van der Waals surface area contributed by atoms with Crippen LogP contribution in [0.25, 0.3) is 0 Å². The molecule has 1 N–H and O–H groups in total. The first-order valence-electron chi connectivity index (χ1n) is 7.24. The number of carbonyl (C=O) groups excluding carboxylic acids is 1. The molecule has 3 nitrogen and oxygen atoms in total. The van der Waals surface area contributed by atoms with Crippen molar-refractivity contribution in [3.05, 3.63) is 46.2 Å². The van der Waals surface area contributed by atoms with Gasteiger partial charge in [-0.25, -0.2) is 0 Å². The van der Waals surface area contributed by atoms with Gasteiger partial charge in [-0.2, -0.15) is 0 Å². The number of phenolic OH excluding ortho intramolecular Hbond substituents is 1. The number of anilines is 1. The Bertz CT molecular complexity index is 593. The number of carbonyl (C=O) groups is 1. The third kappa shape index (κ3) is 4.08. The molecule has 2 rings (SSSR count). The van der Waals surface area contributed by atoms with Crippen molar-refractivity contribution in [2.24, 2.45) is 0 Å². The minimum Gasteiger partial charge on any atom is -0.508 e. The van der Waals surface area contributed by atoms with Crippen LogP contribution < -0.4 is 4.90 Å². The second-order valence-electron chi connectivity index (χ2n) is 5.04. The highest BCUT2D eigenvalue weighted by atomic mass is 32.1. The summed E-state index contributed by atoms with van der Waals surface area (Å²) in [6.45, 7) is 4.53. The van der Waals surface area contributed by atoms with Gasteiger partial charge in [0.15, 0.2) is 0 Å². The molecule has 2 aromatic rings. The summed E-state index contributed by atoms with van der Waals surface area (Å²) >= 11 is 1.73. The molecule has 1 amide bonds. The van der Waals surface area contributed by atoms with Crippen LogP contribution in [0.3, 0.4) is 0 Å². The summed E-state index contributed by atoms with van der Waals surface area (Å²) in [5.74, 6) is 0.309. The Morgan fingerprint density at radius 2 is 2.14 bits per heavy atom. The van der Waals surface area contributed by atoms with E-state index in [1.807, 2.05) is 26.0 Å². The van der Waals surface area contributed by atoms with Gasteiger partial charge >= 0.3 is 0 Å². The van der Waals surface area contributed by atoms with Crippen LogP contribution in [0.2, 0.25) is 0 Å². The van der Waals surface area contributed by atoms with Crippen molar-refractivity contribution in [3.63, 3.8) is 0 Å². The van der Waals surface area contributed by atoms with Gasteiger partial charge in [-0.1, -0.05) is 12.1 Å². The average Bonchev–Trinajstić information content (AvgIpc) is 2.97. The smallest absolute Gasteiger partial charge is 0.226 e. The number of rotatable bonds is 6. The Labute approximate surface area is 129 Å². The summed E-state index contributed by atoms with van der Waals surface area (Å²) in [5.41, 5.74) is 1.81. The van der Waals surface area contributed by atoms with Crippen molar-refractivity contribution in [2.75, 3.05) is 11.4 Å². The number of hydrogen-bond donors (Lipinski definition) is 1.